The molecule has 0 radical (unpaired) electrons. The minimum absolute atomic E-state index is 0.0438. The molecule has 2 heterocycles. The van der Waals surface area contributed by atoms with Crippen molar-refractivity contribution in [2.75, 3.05) is 5.01 Å². The van der Waals surface area contributed by atoms with Crippen LogP contribution in [0.1, 0.15) is 36.4 Å². The van der Waals surface area contributed by atoms with Crippen molar-refractivity contribution in [1.29, 1.82) is 0 Å². The Labute approximate surface area is 263 Å². The molecule has 1 aromatic heterocycles. The summed E-state index contributed by atoms with van der Waals surface area (Å²) >= 11 is 1.52. The molecule has 0 saturated heterocycles. The molecule has 0 unspecified atom stereocenters. The SMILES string of the molecule is O=[N+]([O-])c1ccc(/C=C2/CCC[C@H]3C2=NN(c2nc(-c4ccc(-c5ccccc5)cc4)cs2)[C@@H]3c2ccc([N+](=O)[O-])cc2)cc1. The highest BCUT2D eigenvalue weighted by Crippen LogP contribution is 2.47. The molecule has 1 aliphatic carbocycles. The maximum absolute atomic E-state index is 11.4. The average Bonchev–Trinajstić information content (AvgIpc) is 3.72. The van der Waals surface area contributed by atoms with Crippen LogP contribution in [0.15, 0.2) is 119 Å². The van der Waals surface area contributed by atoms with E-state index in [1.165, 1.54) is 23.5 Å². The normalized spacial score (nSPS) is 18.4. The first-order valence-electron chi connectivity index (χ1n) is 14.6. The second-order valence-electron chi connectivity index (χ2n) is 11.1. The van der Waals surface area contributed by atoms with E-state index in [1.807, 2.05) is 40.7 Å². The van der Waals surface area contributed by atoms with Gasteiger partial charge in [-0.25, -0.2) is 9.99 Å². The number of fused-ring (bicyclic) bond motifs is 1. The summed E-state index contributed by atoms with van der Waals surface area (Å²) in [5.74, 6) is 0.0574. The molecular formula is C35H27N5O4S. The summed E-state index contributed by atoms with van der Waals surface area (Å²) in [7, 11) is 0. The average molecular weight is 614 g/mol. The van der Waals surface area contributed by atoms with Crippen molar-refractivity contribution in [3.63, 3.8) is 0 Å². The number of thiazole rings is 1. The van der Waals surface area contributed by atoms with Gasteiger partial charge in [0, 0.05) is 41.1 Å². The van der Waals surface area contributed by atoms with E-state index in [4.69, 9.17) is 10.1 Å². The molecule has 0 spiro atoms. The van der Waals surface area contributed by atoms with E-state index >= 15 is 0 Å². The Bertz CT molecular complexity index is 1940. The number of aromatic nitrogens is 1. The lowest BCUT2D eigenvalue weighted by atomic mass is 9.77. The van der Waals surface area contributed by atoms with Gasteiger partial charge in [0.2, 0.25) is 5.13 Å². The molecule has 222 valence electrons. The lowest BCUT2D eigenvalue weighted by Crippen LogP contribution is -2.28. The summed E-state index contributed by atoms with van der Waals surface area (Å²) in [5.41, 5.74) is 8.11. The molecule has 10 heteroatoms. The number of hydrogen-bond donors (Lipinski definition) is 0. The Morgan fingerprint density at radius 2 is 1.40 bits per heavy atom. The summed E-state index contributed by atoms with van der Waals surface area (Å²) in [6, 6.07) is 31.7. The molecule has 2 aliphatic rings. The van der Waals surface area contributed by atoms with Gasteiger partial charge in [-0.1, -0.05) is 66.7 Å². The molecule has 45 heavy (non-hydrogen) atoms. The molecule has 0 amide bonds. The van der Waals surface area contributed by atoms with Crippen molar-refractivity contribution < 1.29 is 9.85 Å². The van der Waals surface area contributed by atoms with Crippen LogP contribution in [0.3, 0.4) is 0 Å². The molecule has 0 bridgehead atoms. The van der Waals surface area contributed by atoms with Gasteiger partial charge in [-0.05, 0) is 65.3 Å². The zero-order chi connectivity index (χ0) is 30.9. The molecular weight excluding hydrogens is 586 g/mol. The van der Waals surface area contributed by atoms with E-state index in [-0.39, 0.29) is 28.3 Å². The quantitative estimate of drug-likeness (QED) is 0.134. The number of hydrogen-bond acceptors (Lipinski definition) is 8. The van der Waals surface area contributed by atoms with Crippen molar-refractivity contribution in [1.82, 2.24) is 4.98 Å². The molecule has 2 atom stereocenters. The minimum Gasteiger partial charge on any atom is -0.258 e. The fourth-order valence-electron chi connectivity index (χ4n) is 6.14. The first kappa shape index (κ1) is 28.3. The summed E-state index contributed by atoms with van der Waals surface area (Å²) in [6.45, 7) is 0. The highest BCUT2D eigenvalue weighted by Gasteiger charge is 2.43. The first-order valence-corrected chi connectivity index (χ1v) is 15.5. The van der Waals surface area contributed by atoms with Gasteiger partial charge >= 0.3 is 0 Å². The van der Waals surface area contributed by atoms with Gasteiger partial charge in [0.25, 0.3) is 11.4 Å². The number of anilines is 1. The molecule has 0 N–H and O–H groups in total. The maximum Gasteiger partial charge on any atom is 0.269 e. The highest BCUT2D eigenvalue weighted by atomic mass is 32.1. The van der Waals surface area contributed by atoms with Gasteiger partial charge in [0.15, 0.2) is 0 Å². The van der Waals surface area contributed by atoms with Crippen LogP contribution in [0, 0.1) is 26.1 Å². The smallest absolute Gasteiger partial charge is 0.258 e. The molecule has 5 aromatic rings. The highest BCUT2D eigenvalue weighted by molar-refractivity contribution is 7.14. The first-order chi connectivity index (χ1) is 21.9. The summed E-state index contributed by atoms with van der Waals surface area (Å²) in [4.78, 5) is 26.8. The molecule has 1 fully saturated rings. The lowest BCUT2D eigenvalue weighted by molar-refractivity contribution is -0.385. The zero-order valence-corrected chi connectivity index (χ0v) is 24.8. The lowest BCUT2D eigenvalue weighted by Gasteiger charge is -2.29. The van der Waals surface area contributed by atoms with E-state index in [2.05, 4.69) is 42.5 Å². The Hall–Kier alpha value is -5.48. The van der Waals surface area contributed by atoms with Gasteiger partial charge in [-0.15, -0.1) is 11.3 Å². The molecule has 1 saturated carbocycles. The van der Waals surface area contributed by atoms with Crippen molar-refractivity contribution in [3.8, 4) is 22.4 Å². The number of benzene rings is 4. The number of nitro benzene ring substituents is 2. The predicted molar refractivity (Wildman–Crippen MR) is 177 cm³/mol. The molecule has 7 rings (SSSR count). The standard InChI is InChI=1S/C35H27N5O4S/c41-39(42)29-17-9-23(10-18-29)21-28-7-4-8-31-33(28)37-38(34(31)27-15-19-30(20-16-27)40(43)44)35-36-32(22-45-35)26-13-11-25(12-14-26)24-5-2-1-3-6-24/h1-3,5-6,9-22,31,34H,4,7-8H2/b28-21-/t31-,34+/m0/s1. The third-order valence-electron chi connectivity index (χ3n) is 8.37. The number of nitro groups is 2. The maximum atomic E-state index is 11.4. The van der Waals surface area contributed by atoms with E-state index < -0.39 is 4.92 Å². The summed E-state index contributed by atoms with van der Waals surface area (Å²) in [6.07, 6.45) is 4.77. The van der Waals surface area contributed by atoms with Gasteiger partial charge < -0.3 is 0 Å². The fourth-order valence-corrected chi connectivity index (χ4v) is 6.96. The number of non-ortho nitro benzene ring substituents is 2. The second-order valence-corrected chi connectivity index (χ2v) is 11.9. The van der Waals surface area contributed by atoms with Crippen molar-refractivity contribution in [2.45, 2.75) is 25.3 Å². The Morgan fingerprint density at radius 1 is 0.778 bits per heavy atom. The van der Waals surface area contributed by atoms with Gasteiger partial charge in [0.05, 0.1) is 27.3 Å². The topological polar surface area (TPSA) is 115 Å². The van der Waals surface area contributed by atoms with Gasteiger partial charge in [-0.3, -0.25) is 20.2 Å². The number of allylic oxidation sites excluding steroid dienone is 1. The van der Waals surface area contributed by atoms with Crippen LogP contribution < -0.4 is 5.01 Å². The van der Waals surface area contributed by atoms with E-state index in [1.54, 1.807) is 24.3 Å². The third kappa shape index (κ3) is 5.63. The van der Waals surface area contributed by atoms with Crippen LogP contribution in [-0.4, -0.2) is 20.5 Å². The second kappa shape index (κ2) is 11.9. The van der Waals surface area contributed by atoms with Gasteiger partial charge in [-0.2, -0.15) is 5.10 Å². The predicted octanol–water partition coefficient (Wildman–Crippen LogP) is 9.09. The van der Waals surface area contributed by atoms with Crippen LogP contribution in [0.2, 0.25) is 0 Å². The molecule has 9 nitrogen and oxygen atoms in total. The van der Waals surface area contributed by atoms with Gasteiger partial charge in [0.1, 0.15) is 0 Å². The van der Waals surface area contributed by atoms with Crippen molar-refractivity contribution in [2.24, 2.45) is 11.0 Å². The Morgan fingerprint density at radius 3 is 2.07 bits per heavy atom. The third-order valence-corrected chi connectivity index (χ3v) is 9.20. The Balaban J connectivity index is 1.24. The zero-order valence-electron chi connectivity index (χ0n) is 24.0. The summed E-state index contributed by atoms with van der Waals surface area (Å²) < 4.78 is 0. The molecule has 4 aromatic carbocycles. The van der Waals surface area contributed by atoms with E-state index in [9.17, 15) is 20.2 Å². The van der Waals surface area contributed by atoms with Crippen LogP contribution in [0.4, 0.5) is 16.5 Å². The molecule has 1 aliphatic heterocycles. The van der Waals surface area contributed by atoms with E-state index in [0.717, 1.165) is 69.2 Å². The van der Waals surface area contributed by atoms with E-state index in [0.29, 0.717) is 0 Å². The summed E-state index contributed by atoms with van der Waals surface area (Å²) in [5, 5.41) is 32.4. The largest absolute Gasteiger partial charge is 0.269 e. The number of rotatable bonds is 7. The van der Waals surface area contributed by atoms with Crippen molar-refractivity contribution >= 4 is 39.6 Å². The van der Waals surface area contributed by atoms with Crippen molar-refractivity contribution in [3.05, 3.63) is 145 Å². The Kier molecular flexibility index (Phi) is 7.48. The van der Waals surface area contributed by atoms with Crippen LogP contribution >= 0.6 is 11.3 Å². The van der Waals surface area contributed by atoms with Crippen LogP contribution in [-0.2, 0) is 0 Å². The van der Waals surface area contributed by atoms with Crippen LogP contribution in [0.5, 0.6) is 0 Å². The monoisotopic (exact) mass is 613 g/mol. The number of nitrogens with zero attached hydrogens (tertiary/aromatic N) is 5. The number of hydrazone groups is 1. The fraction of sp³-hybridized carbons (Fsp3) is 0.143. The van der Waals surface area contributed by atoms with Crippen LogP contribution in [0.25, 0.3) is 28.5 Å². The minimum atomic E-state index is -0.402.